The monoisotopic (exact) mass is 398 g/mol. The molecular formula is C15H18F4N2O4S. The van der Waals surface area contributed by atoms with Crippen LogP contribution in [-0.2, 0) is 20.9 Å². The molecule has 26 heavy (non-hydrogen) atoms. The first-order valence-corrected chi connectivity index (χ1v) is 9.30. The lowest BCUT2D eigenvalue weighted by Gasteiger charge is -2.32. The summed E-state index contributed by atoms with van der Waals surface area (Å²) in [4.78, 5) is 10.8. The molecule has 1 N–H and O–H groups in total. The van der Waals surface area contributed by atoms with Crippen molar-refractivity contribution in [2.45, 2.75) is 36.9 Å². The Hall–Kier alpha value is -1.88. The molecule has 1 fully saturated rings. The second kappa shape index (κ2) is 7.78. The average molecular weight is 398 g/mol. The third-order valence-electron chi connectivity index (χ3n) is 3.86. The Bertz CT molecular complexity index is 767. The predicted molar refractivity (Wildman–Crippen MR) is 83.3 cm³/mol. The maximum atomic E-state index is 13.4. The molecule has 146 valence electrons. The second-order valence-corrected chi connectivity index (χ2v) is 7.64. The molecule has 0 saturated carbocycles. The lowest BCUT2D eigenvalue weighted by atomic mass is 10.1. The zero-order chi connectivity index (χ0) is 19.5. The first-order chi connectivity index (χ1) is 12.1. The molecule has 1 saturated heterocycles. The van der Waals surface area contributed by atoms with Gasteiger partial charge in [0.05, 0.1) is 17.1 Å². The SMILES string of the molecule is CCOC(=O)NC1CCCN(S(=O)(=O)c2ccc(F)c(C(F)(F)F)c2)C1. The molecule has 1 amide bonds. The summed E-state index contributed by atoms with van der Waals surface area (Å²) in [5, 5.41) is 2.51. The van der Waals surface area contributed by atoms with E-state index in [1.807, 2.05) is 0 Å². The Morgan fingerprint density at radius 1 is 1.38 bits per heavy atom. The van der Waals surface area contributed by atoms with Crippen LogP contribution in [0.1, 0.15) is 25.3 Å². The molecule has 0 aliphatic carbocycles. The zero-order valence-corrected chi connectivity index (χ0v) is 14.7. The number of nitrogens with zero attached hydrogens (tertiary/aromatic N) is 1. The van der Waals surface area contributed by atoms with E-state index >= 15 is 0 Å². The van der Waals surface area contributed by atoms with Crippen LogP contribution in [0.3, 0.4) is 0 Å². The van der Waals surface area contributed by atoms with Gasteiger partial charge in [0, 0.05) is 19.1 Å². The molecule has 1 atom stereocenters. The Balaban J connectivity index is 2.23. The van der Waals surface area contributed by atoms with E-state index in [4.69, 9.17) is 4.74 Å². The normalized spacial score (nSPS) is 19.2. The Kier molecular flexibility index (Phi) is 6.12. The fourth-order valence-corrected chi connectivity index (χ4v) is 4.20. The number of amides is 1. The molecule has 1 aromatic rings. The lowest BCUT2D eigenvalue weighted by molar-refractivity contribution is -0.140. The van der Waals surface area contributed by atoms with Gasteiger partial charge in [-0.2, -0.15) is 17.5 Å². The van der Waals surface area contributed by atoms with E-state index in [0.29, 0.717) is 18.9 Å². The molecule has 1 aliphatic heterocycles. The van der Waals surface area contributed by atoms with Crippen molar-refractivity contribution in [1.29, 1.82) is 0 Å². The number of carbonyl (C=O) groups is 1. The summed E-state index contributed by atoms with van der Waals surface area (Å²) in [6.07, 6.45) is -4.80. The van der Waals surface area contributed by atoms with Crippen LogP contribution in [0.25, 0.3) is 0 Å². The third-order valence-corrected chi connectivity index (χ3v) is 5.72. The lowest BCUT2D eigenvalue weighted by Crippen LogP contribution is -2.49. The quantitative estimate of drug-likeness (QED) is 0.792. The van der Waals surface area contributed by atoms with Gasteiger partial charge in [0.25, 0.3) is 0 Å². The van der Waals surface area contributed by atoms with Crippen molar-refractivity contribution in [3.63, 3.8) is 0 Å². The van der Waals surface area contributed by atoms with Gasteiger partial charge >= 0.3 is 12.3 Å². The summed E-state index contributed by atoms with van der Waals surface area (Å²) < 4.78 is 82.8. The topological polar surface area (TPSA) is 75.7 Å². The molecule has 1 unspecified atom stereocenters. The van der Waals surface area contributed by atoms with Gasteiger partial charge in [0.1, 0.15) is 5.82 Å². The van der Waals surface area contributed by atoms with Gasteiger partial charge in [-0.1, -0.05) is 0 Å². The molecular weight excluding hydrogens is 380 g/mol. The largest absolute Gasteiger partial charge is 0.450 e. The molecule has 0 radical (unpaired) electrons. The molecule has 1 heterocycles. The number of alkyl carbamates (subject to hydrolysis) is 1. The van der Waals surface area contributed by atoms with Crippen LogP contribution < -0.4 is 5.32 Å². The second-order valence-electron chi connectivity index (χ2n) is 5.71. The summed E-state index contributed by atoms with van der Waals surface area (Å²) in [6.45, 7) is 1.74. The molecule has 6 nitrogen and oxygen atoms in total. The number of benzene rings is 1. The van der Waals surface area contributed by atoms with Crippen LogP contribution in [0, 0.1) is 5.82 Å². The summed E-state index contributed by atoms with van der Waals surface area (Å²) in [5.74, 6) is -1.54. The van der Waals surface area contributed by atoms with Crippen molar-refractivity contribution in [3.8, 4) is 0 Å². The fourth-order valence-electron chi connectivity index (χ4n) is 2.65. The van der Waals surface area contributed by atoms with Crippen molar-refractivity contribution in [3.05, 3.63) is 29.6 Å². The highest BCUT2D eigenvalue weighted by Gasteiger charge is 2.37. The van der Waals surface area contributed by atoms with Crippen molar-refractivity contribution in [2.24, 2.45) is 0 Å². The van der Waals surface area contributed by atoms with Crippen molar-refractivity contribution < 1.29 is 35.5 Å². The number of piperidine rings is 1. The van der Waals surface area contributed by atoms with Gasteiger partial charge < -0.3 is 10.1 Å². The van der Waals surface area contributed by atoms with E-state index < -0.39 is 44.6 Å². The summed E-state index contributed by atoms with van der Waals surface area (Å²) in [6, 6.07) is 1.03. The minimum Gasteiger partial charge on any atom is -0.450 e. The third kappa shape index (κ3) is 4.64. The predicted octanol–water partition coefficient (Wildman–Crippen LogP) is 2.74. The Morgan fingerprint density at radius 3 is 2.69 bits per heavy atom. The standard InChI is InChI=1S/C15H18F4N2O4S/c1-2-25-14(22)20-10-4-3-7-21(9-10)26(23,24)11-5-6-13(16)12(8-11)15(17,18)19/h5-6,8,10H,2-4,7,9H2,1H3,(H,20,22). The van der Waals surface area contributed by atoms with Gasteiger partial charge in [-0.3, -0.25) is 0 Å². The van der Waals surface area contributed by atoms with E-state index in [9.17, 15) is 30.8 Å². The van der Waals surface area contributed by atoms with Gasteiger partial charge in [-0.25, -0.2) is 17.6 Å². The molecule has 1 aliphatic rings. The van der Waals surface area contributed by atoms with Crippen LogP contribution in [0.4, 0.5) is 22.4 Å². The smallest absolute Gasteiger partial charge is 0.419 e. The van der Waals surface area contributed by atoms with E-state index in [2.05, 4.69) is 5.32 Å². The number of rotatable bonds is 4. The van der Waals surface area contributed by atoms with Gasteiger partial charge in [0.15, 0.2) is 0 Å². The van der Waals surface area contributed by atoms with Gasteiger partial charge in [-0.15, -0.1) is 0 Å². The van der Waals surface area contributed by atoms with Crippen LogP contribution in [0.2, 0.25) is 0 Å². The first-order valence-electron chi connectivity index (χ1n) is 7.86. The number of carbonyl (C=O) groups excluding carboxylic acids is 1. The first kappa shape index (κ1) is 20.4. The highest BCUT2D eigenvalue weighted by molar-refractivity contribution is 7.89. The number of hydrogen-bond donors (Lipinski definition) is 1. The molecule has 0 aromatic heterocycles. The van der Waals surface area contributed by atoms with E-state index in [-0.39, 0.29) is 25.8 Å². The highest BCUT2D eigenvalue weighted by Crippen LogP contribution is 2.33. The van der Waals surface area contributed by atoms with Crippen molar-refractivity contribution in [2.75, 3.05) is 19.7 Å². The van der Waals surface area contributed by atoms with Gasteiger partial charge in [-0.05, 0) is 38.0 Å². The molecule has 11 heteroatoms. The molecule has 0 bridgehead atoms. The van der Waals surface area contributed by atoms with Crippen LogP contribution in [0.15, 0.2) is 23.1 Å². The number of ether oxygens (including phenoxy) is 1. The maximum Gasteiger partial charge on any atom is 0.419 e. The number of sulfonamides is 1. The molecule has 0 spiro atoms. The number of halogens is 4. The Labute approximate surface area is 148 Å². The fraction of sp³-hybridized carbons (Fsp3) is 0.533. The minimum absolute atomic E-state index is 0.0854. The van der Waals surface area contributed by atoms with E-state index in [1.165, 1.54) is 0 Å². The number of hydrogen-bond acceptors (Lipinski definition) is 4. The zero-order valence-electron chi connectivity index (χ0n) is 13.8. The summed E-state index contributed by atoms with van der Waals surface area (Å²) in [7, 11) is -4.27. The van der Waals surface area contributed by atoms with Crippen LogP contribution >= 0.6 is 0 Å². The van der Waals surface area contributed by atoms with Crippen LogP contribution in [0.5, 0.6) is 0 Å². The van der Waals surface area contributed by atoms with Crippen molar-refractivity contribution >= 4 is 16.1 Å². The van der Waals surface area contributed by atoms with E-state index in [1.54, 1.807) is 6.92 Å². The number of alkyl halides is 3. The Morgan fingerprint density at radius 2 is 2.08 bits per heavy atom. The number of nitrogens with one attached hydrogen (secondary N) is 1. The maximum absolute atomic E-state index is 13.4. The molecule has 2 rings (SSSR count). The average Bonchev–Trinajstić information content (AvgIpc) is 2.54. The molecule has 1 aromatic carbocycles. The van der Waals surface area contributed by atoms with Crippen LogP contribution in [-0.4, -0.2) is 44.6 Å². The van der Waals surface area contributed by atoms with Gasteiger partial charge in [0.2, 0.25) is 10.0 Å². The summed E-state index contributed by atoms with van der Waals surface area (Å²) in [5.41, 5.74) is -1.64. The van der Waals surface area contributed by atoms with Crippen molar-refractivity contribution in [1.82, 2.24) is 9.62 Å². The summed E-state index contributed by atoms with van der Waals surface area (Å²) >= 11 is 0. The van der Waals surface area contributed by atoms with E-state index in [0.717, 1.165) is 10.4 Å². The highest BCUT2D eigenvalue weighted by atomic mass is 32.2. The minimum atomic E-state index is -5.01.